The van der Waals surface area contributed by atoms with Gasteiger partial charge in [0.2, 0.25) is 5.91 Å². The molecular formula is C15H17N3O2S2. The lowest BCUT2D eigenvalue weighted by molar-refractivity contribution is -0.124. The third-order valence-electron chi connectivity index (χ3n) is 3.52. The van der Waals surface area contributed by atoms with E-state index in [9.17, 15) is 4.79 Å². The molecule has 0 saturated carbocycles. The Morgan fingerprint density at radius 3 is 3.14 bits per heavy atom. The summed E-state index contributed by atoms with van der Waals surface area (Å²) in [5.41, 5.74) is 2.41. The van der Waals surface area contributed by atoms with Crippen LogP contribution >= 0.6 is 23.1 Å². The van der Waals surface area contributed by atoms with Crippen molar-refractivity contribution < 1.29 is 9.53 Å². The van der Waals surface area contributed by atoms with Crippen molar-refractivity contribution in [2.45, 2.75) is 29.8 Å². The highest BCUT2D eigenvalue weighted by atomic mass is 32.2. The molecule has 5 nitrogen and oxygen atoms in total. The lowest BCUT2D eigenvalue weighted by atomic mass is 9.96. The highest BCUT2D eigenvalue weighted by Gasteiger charge is 2.23. The first kappa shape index (κ1) is 15.5. The molecule has 2 aromatic rings. The number of carbonyl (C=O) groups excluding carboxylic acids is 1. The molecule has 1 aliphatic rings. The second-order valence-electron chi connectivity index (χ2n) is 4.95. The second-order valence-corrected chi connectivity index (χ2v) is 7.07. The second kappa shape index (κ2) is 7.21. The van der Waals surface area contributed by atoms with Crippen LogP contribution < -0.4 is 5.32 Å². The number of hydrogen-bond acceptors (Lipinski definition) is 6. The Morgan fingerprint density at radius 1 is 1.45 bits per heavy atom. The average Bonchev–Trinajstić information content (AvgIpc) is 3.01. The Labute approximate surface area is 137 Å². The van der Waals surface area contributed by atoms with Gasteiger partial charge < -0.3 is 10.1 Å². The van der Waals surface area contributed by atoms with Crippen LogP contribution in [0.1, 0.15) is 28.7 Å². The van der Waals surface area contributed by atoms with Gasteiger partial charge in [0.1, 0.15) is 5.01 Å². The molecule has 1 atom stereocenters. The fourth-order valence-electron chi connectivity index (χ4n) is 2.45. The molecule has 1 aromatic heterocycles. The standard InChI is InChI=1S/C15H17N3O2S2/c1-21-15-18-17-14(22-15)9-16-13(19)8-12-11-5-3-2-4-10(11)6-7-20-12/h2-5,12H,6-9H2,1H3,(H,16,19). The van der Waals surface area contributed by atoms with E-state index < -0.39 is 0 Å². The SMILES string of the molecule is CSc1nnc(CNC(=O)CC2OCCc3ccccc32)s1. The van der Waals surface area contributed by atoms with E-state index in [1.54, 1.807) is 11.8 Å². The number of ether oxygens (including phenoxy) is 1. The van der Waals surface area contributed by atoms with Crippen LogP contribution in [0.4, 0.5) is 0 Å². The van der Waals surface area contributed by atoms with Crippen molar-refractivity contribution in [2.24, 2.45) is 0 Å². The number of nitrogens with zero attached hydrogens (tertiary/aromatic N) is 2. The molecule has 0 saturated heterocycles. The summed E-state index contributed by atoms with van der Waals surface area (Å²) in [6, 6.07) is 8.17. The van der Waals surface area contributed by atoms with Crippen molar-refractivity contribution in [3.8, 4) is 0 Å². The molecule has 0 radical (unpaired) electrons. The van der Waals surface area contributed by atoms with Gasteiger partial charge in [0.15, 0.2) is 4.34 Å². The van der Waals surface area contributed by atoms with Gasteiger partial charge >= 0.3 is 0 Å². The van der Waals surface area contributed by atoms with Crippen LogP contribution in [0, 0.1) is 0 Å². The molecule has 1 N–H and O–H groups in total. The van der Waals surface area contributed by atoms with Crippen LogP contribution in [0.15, 0.2) is 28.6 Å². The molecule has 1 unspecified atom stereocenters. The number of hydrogen-bond donors (Lipinski definition) is 1. The van der Waals surface area contributed by atoms with Crippen LogP contribution in [0.25, 0.3) is 0 Å². The summed E-state index contributed by atoms with van der Waals surface area (Å²) in [4.78, 5) is 12.1. The van der Waals surface area contributed by atoms with E-state index in [0.717, 1.165) is 21.3 Å². The van der Waals surface area contributed by atoms with Gasteiger partial charge in [-0.3, -0.25) is 4.79 Å². The van der Waals surface area contributed by atoms with Gasteiger partial charge in [0, 0.05) is 0 Å². The minimum atomic E-state index is -0.152. The van der Waals surface area contributed by atoms with Gasteiger partial charge in [0.25, 0.3) is 0 Å². The first-order valence-electron chi connectivity index (χ1n) is 7.08. The van der Waals surface area contributed by atoms with Crippen molar-refractivity contribution in [3.05, 3.63) is 40.4 Å². The van der Waals surface area contributed by atoms with Crippen molar-refractivity contribution in [2.75, 3.05) is 12.9 Å². The van der Waals surface area contributed by atoms with Crippen LogP contribution in [-0.2, 0) is 22.5 Å². The zero-order valence-corrected chi connectivity index (χ0v) is 13.9. The summed E-state index contributed by atoms with van der Waals surface area (Å²) in [5.74, 6) is -0.0254. The number of amides is 1. The minimum absolute atomic E-state index is 0.0254. The first-order valence-corrected chi connectivity index (χ1v) is 9.13. The normalized spacial score (nSPS) is 17.0. The lowest BCUT2D eigenvalue weighted by Crippen LogP contribution is -2.27. The summed E-state index contributed by atoms with van der Waals surface area (Å²) in [5, 5.41) is 11.8. The maximum atomic E-state index is 12.1. The third kappa shape index (κ3) is 3.66. The van der Waals surface area contributed by atoms with E-state index >= 15 is 0 Å². The zero-order valence-electron chi connectivity index (χ0n) is 12.2. The Hall–Kier alpha value is -1.44. The van der Waals surface area contributed by atoms with E-state index in [-0.39, 0.29) is 12.0 Å². The van der Waals surface area contributed by atoms with Gasteiger partial charge in [-0.1, -0.05) is 47.4 Å². The molecule has 0 spiro atoms. The molecule has 22 heavy (non-hydrogen) atoms. The van der Waals surface area contributed by atoms with Crippen molar-refractivity contribution in [1.29, 1.82) is 0 Å². The number of nitrogens with one attached hydrogen (secondary N) is 1. The van der Waals surface area contributed by atoms with Gasteiger partial charge in [-0.15, -0.1) is 10.2 Å². The van der Waals surface area contributed by atoms with Crippen LogP contribution in [0.5, 0.6) is 0 Å². The van der Waals surface area contributed by atoms with E-state index in [4.69, 9.17) is 4.74 Å². The van der Waals surface area contributed by atoms with Gasteiger partial charge in [0.05, 0.1) is 25.7 Å². The zero-order chi connectivity index (χ0) is 15.4. The predicted molar refractivity (Wildman–Crippen MR) is 87.0 cm³/mol. The predicted octanol–water partition coefficient (Wildman–Crippen LogP) is 2.58. The van der Waals surface area contributed by atoms with Gasteiger partial charge in [-0.25, -0.2) is 0 Å². The average molecular weight is 335 g/mol. The summed E-state index contributed by atoms with van der Waals surface area (Å²) >= 11 is 3.06. The minimum Gasteiger partial charge on any atom is -0.373 e. The molecule has 7 heteroatoms. The van der Waals surface area contributed by atoms with E-state index in [0.29, 0.717) is 19.6 Å². The maximum Gasteiger partial charge on any atom is 0.223 e. The maximum absolute atomic E-state index is 12.1. The molecule has 0 bridgehead atoms. The fraction of sp³-hybridized carbons (Fsp3) is 0.400. The van der Waals surface area contributed by atoms with Crippen LogP contribution in [-0.4, -0.2) is 29.0 Å². The summed E-state index contributed by atoms with van der Waals surface area (Å²) in [7, 11) is 0. The number of benzene rings is 1. The van der Waals surface area contributed by atoms with E-state index in [1.807, 2.05) is 24.5 Å². The number of rotatable bonds is 5. The smallest absolute Gasteiger partial charge is 0.223 e. The molecule has 3 rings (SSSR count). The van der Waals surface area contributed by atoms with Crippen molar-refractivity contribution in [3.63, 3.8) is 0 Å². The quantitative estimate of drug-likeness (QED) is 0.851. The Balaban J connectivity index is 1.56. The van der Waals surface area contributed by atoms with E-state index in [2.05, 4.69) is 21.6 Å². The molecule has 1 amide bonds. The number of carbonyl (C=O) groups is 1. The molecule has 1 aromatic carbocycles. The van der Waals surface area contributed by atoms with Crippen LogP contribution in [0.2, 0.25) is 0 Å². The Bertz CT molecular complexity index is 660. The molecule has 116 valence electrons. The number of fused-ring (bicyclic) bond motifs is 1. The summed E-state index contributed by atoms with van der Waals surface area (Å²) < 4.78 is 6.67. The lowest BCUT2D eigenvalue weighted by Gasteiger charge is -2.25. The Morgan fingerprint density at radius 2 is 2.32 bits per heavy atom. The fourth-order valence-corrected chi connectivity index (χ4v) is 3.71. The van der Waals surface area contributed by atoms with Crippen LogP contribution in [0.3, 0.4) is 0 Å². The molecule has 2 heterocycles. The van der Waals surface area contributed by atoms with E-state index in [1.165, 1.54) is 16.9 Å². The van der Waals surface area contributed by atoms with Crippen molar-refractivity contribution >= 4 is 29.0 Å². The highest BCUT2D eigenvalue weighted by Crippen LogP contribution is 2.29. The molecule has 0 aliphatic carbocycles. The number of aromatic nitrogens is 2. The largest absolute Gasteiger partial charge is 0.373 e. The summed E-state index contributed by atoms with van der Waals surface area (Å²) in [6.07, 6.45) is 3.06. The van der Waals surface area contributed by atoms with Crippen molar-refractivity contribution in [1.82, 2.24) is 15.5 Å². The third-order valence-corrected chi connectivity index (χ3v) is 5.42. The summed E-state index contributed by atoms with van der Waals surface area (Å²) in [6.45, 7) is 1.09. The van der Waals surface area contributed by atoms with Gasteiger partial charge in [-0.05, 0) is 23.8 Å². The molecule has 1 aliphatic heterocycles. The van der Waals surface area contributed by atoms with Gasteiger partial charge in [-0.2, -0.15) is 0 Å². The Kier molecular flexibility index (Phi) is 5.07. The number of thioether (sulfide) groups is 1. The monoisotopic (exact) mass is 335 g/mol. The molecular weight excluding hydrogens is 318 g/mol. The molecule has 0 fully saturated rings. The topological polar surface area (TPSA) is 64.1 Å². The first-order chi connectivity index (χ1) is 10.8. The highest BCUT2D eigenvalue weighted by molar-refractivity contribution is 8.00.